The fourth-order valence-electron chi connectivity index (χ4n) is 3.06. The minimum atomic E-state index is -4.07. The summed E-state index contributed by atoms with van der Waals surface area (Å²) in [6.45, 7) is 1.77. The highest BCUT2D eigenvalue weighted by molar-refractivity contribution is 7.92. The highest BCUT2D eigenvalue weighted by atomic mass is 32.2. The SMILES string of the molecule is CCOc1ccc(S(=O)(=O)N(CC(=O)N/N=C\c2cccc(OC)c2O)c2ccccc2)cc1. The van der Waals surface area contributed by atoms with Gasteiger partial charge in [-0.15, -0.1) is 0 Å². The maximum absolute atomic E-state index is 13.4. The van der Waals surface area contributed by atoms with Gasteiger partial charge in [0.25, 0.3) is 15.9 Å². The topological polar surface area (TPSA) is 118 Å². The van der Waals surface area contributed by atoms with Gasteiger partial charge in [0, 0.05) is 5.56 Å². The zero-order valence-corrected chi connectivity index (χ0v) is 19.5. The molecule has 0 saturated heterocycles. The molecule has 2 N–H and O–H groups in total. The Kier molecular flexibility index (Phi) is 8.10. The molecule has 0 unspecified atom stereocenters. The maximum Gasteiger partial charge on any atom is 0.264 e. The van der Waals surface area contributed by atoms with Gasteiger partial charge in [-0.25, -0.2) is 13.8 Å². The lowest BCUT2D eigenvalue weighted by atomic mass is 10.2. The van der Waals surface area contributed by atoms with Crippen LogP contribution >= 0.6 is 0 Å². The molecule has 0 bridgehead atoms. The lowest BCUT2D eigenvalue weighted by Crippen LogP contribution is -2.39. The molecule has 0 aliphatic heterocycles. The zero-order valence-electron chi connectivity index (χ0n) is 18.7. The second-order valence-corrected chi connectivity index (χ2v) is 8.81. The van der Waals surface area contributed by atoms with E-state index in [9.17, 15) is 18.3 Å². The molecule has 0 aliphatic rings. The van der Waals surface area contributed by atoms with E-state index in [1.54, 1.807) is 60.7 Å². The van der Waals surface area contributed by atoms with E-state index in [0.29, 0.717) is 23.6 Å². The highest BCUT2D eigenvalue weighted by Crippen LogP contribution is 2.28. The Labute approximate surface area is 198 Å². The highest BCUT2D eigenvalue weighted by Gasteiger charge is 2.27. The molecule has 0 aliphatic carbocycles. The smallest absolute Gasteiger partial charge is 0.264 e. The van der Waals surface area contributed by atoms with E-state index in [1.165, 1.54) is 25.5 Å². The molecule has 10 heteroatoms. The number of nitrogens with one attached hydrogen (secondary N) is 1. The van der Waals surface area contributed by atoms with Gasteiger partial charge in [0.2, 0.25) is 0 Å². The third-order valence-corrected chi connectivity index (χ3v) is 6.49. The predicted octanol–water partition coefficient (Wildman–Crippen LogP) is 3.15. The van der Waals surface area contributed by atoms with Crippen LogP contribution in [-0.2, 0) is 14.8 Å². The summed E-state index contributed by atoms with van der Waals surface area (Å²) in [7, 11) is -2.65. The second-order valence-electron chi connectivity index (χ2n) is 6.94. The Balaban J connectivity index is 1.81. The van der Waals surface area contributed by atoms with Crippen LogP contribution in [0.2, 0.25) is 0 Å². The fraction of sp³-hybridized carbons (Fsp3) is 0.167. The number of hydrogen-bond acceptors (Lipinski definition) is 7. The van der Waals surface area contributed by atoms with Crippen LogP contribution in [0.3, 0.4) is 0 Å². The van der Waals surface area contributed by atoms with Crippen molar-refractivity contribution in [2.24, 2.45) is 5.10 Å². The third-order valence-electron chi connectivity index (χ3n) is 4.70. The molecule has 3 aromatic rings. The molecule has 0 fully saturated rings. The van der Waals surface area contributed by atoms with Crippen LogP contribution in [0.5, 0.6) is 17.2 Å². The molecule has 1 amide bonds. The monoisotopic (exact) mass is 483 g/mol. The average molecular weight is 484 g/mol. The van der Waals surface area contributed by atoms with Crippen molar-refractivity contribution >= 4 is 27.8 Å². The van der Waals surface area contributed by atoms with Crippen LogP contribution in [0.15, 0.2) is 82.8 Å². The van der Waals surface area contributed by atoms with Crippen molar-refractivity contribution in [3.8, 4) is 17.2 Å². The van der Waals surface area contributed by atoms with E-state index in [2.05, 4.69) is 10.5 Å². The van der Waals surface area contributed by atoms with Crippen LogP contribution in [0, 0.1) is 0 Å². The van der Waals surface area contributed by atoms with Crippen molar-refractivity contribution < 1.29 is 27.8 Å². The summed E-state index contributed by atoms with van der Waals surface area (Å²) in [5.41, 5.74) is 2.94. The van der Waals surface area contributed by atoms with Gasteiger partial charge in [0.05, 0.1) is 30.5 Å². The lowest BCUT2D eigenvalue weighted by Gasteiger charge is -2.23. The lowest BCUT2D eigenvalue weighted by molar-refractivity contribution is -0.119. The van der Waals surface area contributed by atoms with Crippen LogP contribution in [0.1, 0.15) is 12.5 Å². The number of hydrazone groups is 1. The number of carbonyl (C=O) groups excluding carboxylic acids is 1. The molecule has 3 aromatic carbocycles. The summed E-state index contributed by atoms with van der Waals surface area (Å²) in [4.78, 5) is 12.6. The standard InChI is InChI=1S/C24H25N3O6S/c1-3-33-20-12-14-21(15-13-20)34(30,31)27(19-9-5-4-6-10-19)17-23(28)26-25-16-18-8-7-11-22(32-2)24(18)29/h4-16,29H,3,17H2,1-2H3,(H,26,28)/b25-16-. The Morgan fingerprint density at radius 2 is 1.76 bits per heavy atom. The van der Waals surface area contributed by atoms with Gasteiger partial charge < -0.3 is 14.6 Å². The first-order valence-corrected chi connectivity index (χ1v) is 11.8. The number of benzene rings is 3. The van der Waals surface area contributed by atoms with E-state index < -0.39 is 22.5 Å². The first-order valence-electron chi connectivity index (χ1n) is 10.3. The molecule has 34 heavy (non-hydrogen) atoms. The van der Waals surface area contributed by atoms with Gasteiger partial charge in [0.1, 0.15) is 12.3 Å². The first-order chi connectivity index (χ1) is 16.4. The number of ether oxygens (including phenoxy) is 2. The number of nitrogens with zero attached hydrogens (tertiary/aromatic N) is 2. The van der Waals surface area contributed by atoms with E-state index >= 15 is 0 Å². The summed E-state index contributed by atoms with van der Waals surface area (Å²) >= 11 is 0. The Morgan fingerprint density at radius 3 is 2.41 bits per heavy atom. The number of anilines is 1. The van der Waals surface area contributed by atoms with Gasteiger partial charge in [-0.2, -0.15) is 5.10 Å². The summed E-state index contributed by atoms with van der Waals surface area (Å²) in [5, 5.41) is 13.9. The van der Waals surface area contributed by atoms with Crippen LogP contribution < -0.4 is 19.2 Å². The number of sulfonamides is 1. The van der Waals surface area contributed by atoms with E-state index in [-0.39, 0.29) is 16.4 Å². The minimum absolute atomic E-state index is 0.0115. The van der Waals surface area contributed by atoms with E-state index in [0.717, 1.165) is 4.31 Å². The van der Waals surface area contributed by atoms with Crippen molar-refractivity contribution in [1.29, 1.82) is 0 Å². The molecule has 178 valence electrons. The summed E-state index contributed by atoms with van der Waals surface area (Å²) in [6, 6.07) is 19.1. The normalized spacial score (nSPS) is 11.2. The molecule has 0 saturated carbocycles. The van der Waals surface area contributed by atoms with Crippen molar-refractivity contribution in [2.75, 3.05) is 24.6 Å². The number of phenols is 1. The van der Waals surface area contributed by atoms with Gasteiger partial charge in [-0.3, -0.25) is 9.10 Å². The maximum atomic E-state index is 13.4. The summed E-state index contributed by atoms with van der Waals surface area (Å²) in [6.07, 6.45) is 1.24. The summed E-state index contributed by atoms with van der Waals surface area (Å²) in [5.74, 6) is -0.00319. The Hall–Kier alpha value is -4.05. The third kappa shape index (κ3) is 5.84. The van der Waals surface area contributed by atoms with Crippen molar-refractivity contribution in [1.82, 2.24) is 5.43 Å². The van der Waals surface area contributed by atoms with Gasteiger partial charge in [0.15, 0.2) is 11.5 Å². The number of carbonyl (C=O) groups is 1. The number of amides is 1. The van der Waals surface area contributed by atoms with Crippen LogP contribution in [0.25, 0.3) is 0 Å². The molecular weight excluding hydrogens is 458 g/mol. The van der Waals surface area contributed by atoms with Crippen molar-refractivity contribution in [3.63, 3.8) is 0 Å². The number of rotatable bonds is 10. The molecule has 0 aromatic heterocycles. The number of phenolic OH excluding ortho intramolecular Hbond substituents is 1. The predicted molar refractivity (Wildman–Crippen MR) is 129 cm³/mol. The quantitative estimate of drug-likeness (QED) is 0.338. The van der Waals surface area contributed by atoms with Gasteiger partial charge >= 0.3 is 0 Å². The Bertz CT molecular complexity index is 1250. The summed E-state index contributed by atoms with van der Waals surface area (Å²) < 4.78 is 38.1. The van der Waals surface area contributed by atoms with Crippen molar-refractivity contribution in [2.45, 2.75) is 11.8 Å². The molecule has 9 nitrogen and oxygen atoms in total. The van der Waals surface area contributed by atoms with Crippen LogP contribution in [-0.4, -0.2) is 45.9 Å². The molecule has 0 spiro atoms. The average Bonchev–Trinajstić information content (AvgIpc) is 2.84. The molecule has 0 radical (unpaired) electrons. The van der Waals surface area contributed by atoms with Crippen molar-refractivity contribution in [3.05, 3.63) is 78.4 Å². The van der Waals surface area contributed by atoms with Gasteiger partial charge in [-0.05, 0) is 55.5 Å². The molecule has 3 rings (SSSR count). The van der Waals surface area contributed by atoms with Gasteiger partial charge in [-0.1, -0.05) is 24.3 Å². The second kappa shape index (κ2) is 11.2. The number of hydrogen-bond donors (Lipinski definition) is 2. The molecule has 0 atom stereocenters. The number of aromatic hydroxyl groups is 1. The number of para-hydroxylation sites is 2. The molecule has 0 heterocycles. The van der Waals surface area contributed by atoms with E-state index in [1.807, 2.05) is 6.92 Å². The van der Waals surface area contributed by atoms with Crippen LogP contribution in [0.4, 0.5) is 5.69 Å². The first kappa shape index (κ1) is 24.6. The largest absolute Gasteiger partial charge is 0.504 e. The Morgan fingerprint density at radius 1 is 1.06 bits per heavy atom. The fourth-order valence-corrected chi connectivity index (χ4v) is 4.48. The minimum Gasteiger partial charge on any atom is -0.504 e. The van der Waals surface area contributed by atoms with E-state index in [4.69, 9.17) is 9.47 Å². The number of methoxy groups -OCH3 is 1. The zero-order chi connectivity index (χ0) is 24.6. The molecular formula is C24H25N3O6S.